The predicted molar refractivity (Wildman–Crippen MR) is 85.0 cm³/mol. The molecule has 2 heterocycles. The molecule has 0 saturated heterocycles. The van der Waals surface area contributed by atoms with Crippen LogP contribution in [-0.2, 0) is 0 Å². The molecule has 1 aliphatic rings. The molecule has 0 atom stereocenters. The molecule has 0 radical (unpaired) electrons. The van der Waals surface area contributed by atoms with Crippen LogP contribution >= 0.6 is 11.3 Å². The summed E-state index contributed by atoms with van der Waals surface area (Å²) in [5.74, 6) is 0. The lowest BCUT2D eigenvalue weighted by molar-refractivity contribution is 0.738. The van der Waals surface area contributed by atoms with Gasteiger partial charge in [0.2, 0.25) is 5.13 Å². The van der Waals surface area contributed by atoms with Gasteiger partial charge in [-0.2, -0.15) is 0 Å². The summed E-state index contributed by atoms with van der Waals surface area (Å²) >= 11 is 1.59. The van der Waals surface area contributed by atoms with Crippen LogP contribution in [0.3, 0.4) is 0 Å². The molecule has 0 saturated carbocycles. The van der Waals surface area contributed by atoms with Crippen molar-refractivity contribution in [2.24, 2.45) is 0 Å². The van der Waals surface area contributed by atoms with Crippen molar-refractivity contribution in [2.45, 2.75) is 13.3 Å². The smallest absolute Gasteiger partial charge is 0.205 e. The maximum atomic E-state index is 4.23. The summed E-state index contributed by atoms with van der Waals surface area (Å²) in [6.45, 7) is 4.97. The third-order valence-electron chi connectivity index (χ3n) is 3.32. The number of anilines is 1. The molecule has 0 aliphatic carbocycles. The zero-order chi connectivity index (χ0) is 13.8. The zero-order valence-electron chi connectivity index (χ0n) is 11.5. The Morgan fingerprint density at radius 2 is 2.00 bits per heavy atom. The van der Waals surface area contributed by atoms with Gasteiger partial charge in [-0.25, -0.2) is 0 Å². The Balaban J connectivity index is 1.79. The minimum atomic E-state index is 0.871. The maximum Gasteiger partial charge on any atom is 0.205 e. The number of aromatic nitrogens is 2. The van der Waals surface area contributed by atoms with E-state index in [9.17, 15) is 0 Å². The van der Waals surface area contributed by atoms with Crippen molar-refractivity contribution in [2.75, 3.05) is 25.0 Å². The molecule has 104 valence electrons. The number of hydrogen-bond acceptors (Lipinski definition) is 5. The Labute approximate surface area is 122 Å². The van der Waals surface area contributed by atoms with Crippen LogP contribution in [0.4, 0.5) is 5.13 Å². The van der Waals surface area contributed by atoms with E-state index >= 15 is 0 Å². The van der Waals surface area contributed by atoms with Crippen molar-refractivity contribution in [3.05, 3.63) is 35.9 Å². The second-order valence-electron chi connectivity index (χ2n) is 4.70. The fourth-order valence-corrected chi connectivity index (χ4v) is 3.09. The third-order valence-corrected chi connectivity index (χ3v) is 4.25. The molecule has 5 heteroatoms. The summed E-state index contributed by atoms with van der Waals surface area (Å²) in [6, 6.07) is 8.63. The van der Waals surface area contributed by atoms with E-state index in [0.29, 0.717) is 0 Å². The highest BCUT2D eigenvalue weighted by molar-refractivity contribution is 7.18. The van der Waals surface area contributed by atoms with Gasteiger partial charge in [0.05, 0.1) is 0 Å². The van der Waals surface area contributed by atoms with Gasteiger partial charge in [-0.1, -0.05) is 41.7 Å². The van der Waals surface area contributed by atoms with E-state index in [0.717, 1.165) is 41.8 Å². The van der Waals surface area contributed by atoms with Crippen LogP contribution in [0.1, 0.15) is 18.9 Å². The molecule has 2 aromatic rings. The summed E-state index contributed by atoms with van der Waals surface area (Å²) in [6.07, 6.45) is 3.37. The molecule has 1 aliphatic heterocycles. The van der Waals surface area contributed by atoms with Gasteiger partial charge in [0.25, 0.3) is 0 Å². The van der Waals surface area contributed by atoms with E-state index in [1.807, 2.05) is 0 Å². The SMILES string of the molecule is CCNc1nnc(-c2ccc(C3=CCNCC3)cc2)s1. The van der Waals surface area contributed by atoms with Gasteiger partial charge >= 0.3 is 0 Å². The van der Waals surface area contributed by atoms with E-state index in [1.165, 1.54) is 11.1 Å². The first-order chi connectivity index (χ1) is 9.86. The van der Waals surface area contributed by atoms with E-state index in [4.69, 9.17) is 0 Å². The normalized spacial score (nSPS) is 14.9. The molecule has 2 N–H and O–H groups in total. The Bertz CT molecular complexity index is 601. The second kappa shape index (κ2) is 6.15. The van der Waals surface area contributed by atoms with Crippen LogP contribution in [-0.4, -0.2) is 29.8 Å². The fraction of sp³-hybridized carbons (Fsp3) is 0.333. The van der Waals surface area contributed by atoms with Crippen LogP contribution < -0.4 is 10.6 Å². The van der Waals surface area contributed by atoms with Gasteiger partial charge in [-0.15, -0.1) is 10.2 Å². The summed E-state index contributed by atoms with van der Waals surface area (Å²) in [5.41, 5.74) is 3.87. The molecule has 1 aromatic heterocycles. The topological polar surface area (TPSA) is 49.8 Å². The van der Waals surface area contributed by atoms with Crippen LogP contribution in [0.2, 0.25) is 0 Å². The molecule has 0 spiro atoms. The Kier molecular flexibility index (Phi) is 4.08. The monoisotopic (exact) mass is 286 g/mol. The van der Waals surface area contributed by atoms with Gasteiger partial charge < -0.3 is 10.6 Å². The average molecular weight is 286 g/mol. The summed E-state index contributed by atoms with van der Waals surface area (Å²) in [7, 11) is 0. The molecular weight excluding hydrogens is 268 g/mol. The Morgan fingerprint density at radius 1 is 1.20 bits per heavy atom. The summed E-state index contributed by atoms with van der Waals surface area (Å²) < 4.78 is 0. The maximum absolute atomic E-state index is 4.23. The van der Waals surface area contributed by atoms with Crippen molar-refractivity contribution in [3.63, 3.8) is 0 Å². The first kappa shape index (κ1) is 13.3. The van der Waals surface area contributed by atoms with Crippen LogP contribution in [0.5, 0.6) is 0 Å². The highest BCUT2D eigenvalue weighted by Gasteiger charge is 2.08. The Morgan fingerprint density at radius 3 is 2.70 bits per heavy atom. The van der Waals surface area contributed by atoms with E-state index in [2.05, 4.69) is 58.1 Å². The molecule has 20 heavy (non-hydrogen) atoms. The molecule has 0 amide bonds. The lowest BCUT2D eigenvalue weighted by Crippen LogP contribution is -2.19. The lowest BCUT2D eigenvalue weighted by Gasteiger charge is -2.14. The summed E-state index contributed by atoms with van der Waals surface area (Å²) in [4.78, 5) is 0. The number of benzene rings is 1. The third kappa shape index (κ3) is 2.89. The highest BCUT2D eigenvalue weighted by atomic mass is 32.1. The summed E-state index contributed by atoms with van der Waals surface area (Å²) in [5, 5.41) is 16.7. The minimum absolute atomic E-state index is 0.871. The molecule has 3 rings (SSSR count). The van der Waals surface area contributed by atoms with Gasteiger partial charge in [-0.3, -0.25) is 0 Å². The quantitative estimate of drug-likeness (QED) is 0.907. The molecular formula is C15H18N4S. The van der Waals surface area contributed by atoms with E-state index in [-0.39, 0.29) is 0 Å². The Hall–Kier alpha value is -1.72. The zero-order valence-corrected chi connectivity index (χ0v) is 12.3. The number of nitrogens with one attached hydrogen (secondary N) is 2. The minimum Gasteiger partial charge on any atom is -0.360 e. The average Bonchev–Trinajstić information content (AvgIpc) is 2.97. The number of rotatable bonds is 4. The first-order valence-electron chi connectivity index (χ1n) is 6.95. The van der Waals surface area contributed by atoms with Gasteiger partial charge in [0, 0.05) is 18.7 Å². The molecule has 0 bridgehead atoms. The number of hydrogen-bond donors (Lipinski definition) is 2. The fourth-order valence-electron chi connectivity index (χ4n) is 2.27. The van der Waals surface area contributed by atoms with E-state index in [1.54, 1.807) is 11.3 Å². The van der Waals surface area contributed by atoms with Crippen LogP contribution in [0.15, 0.2) is 30.3 Å². The van der Waals surface area contributed by atoms with Crippen molar-refractivity contribution < 1.29 is 0 Å². The van der Waals surface area contributed by atoms with Crippen molar-refractivity contribution in [1.29, 1.82) is 0 Å². The molecule has 1 aromatic carbocycles. The van der Waals surface area contributed by atoms with Crippen molar-refractivity contribution in [1.82, 2.24) is 15.5 Å². The van der Waals surface area contributed by atoms with Crippen LogP contribution in [0.25, 0.3) is 16.1 Å². The highest BCUT2D eigenvalue weighted by Crippen LogP contribution is 2.28. The molecule has 4 nitrogen and oxygen atoms in total. The first-order valence-corrected chi connectivity index (χ1v) is 7.76. The standard InChI is InChI=1S/C15H18N4S/c1-2-17-15-19-18-14(20-15)13-5-3-11(4-6-13)12-7-9-16-10-8-12/h3-7,16H,2,8-10H2,1H3,(H,17,19). The second-order valence-corrected chi connectivity index (χ2v) is 5.68. The predicted octanol–water partition coefficient (Wildman–Crippen LogP) is 3.01. The number of nitrogens with zero attached hydrogens (tertiary/aromatic N) is 2. The van der Waals surface area contributed by atoms with Gasteiger partial charge in [0.1, 0.15) is 5.01 Å². The van der Waals surface area contributed by atoms with Gasteiger partial charge in [0.15, 0.2) is 0 Å². The van der Waals surface area contributed by atoms with Crippen molar-refractivity contribution >= 4 is 22.0 Å². The van der Waals surface area contributed by atoms with Crippen molar-refractivity contribution in [3.8, 4) is 10.6 Å². The van der Waals surface area contributed by atoms with Gasteiger partial charge in [-0.05, 0) is 31.0 Å². The van der Waals surface area contributed by atoms with Crippen LogP contribution in [0, 0.1) is 0 Å². The molecule has 0 fully saturated rings. The molecule has 0 unspecified atom stereocenters. The van der Waals surface area contributed by atoms with E-state index < -0.39 is 0 Å². The largest absolute Gasteiger partial charge is 0.360 e. The lowest BCUT2D eigenvalue weighted by atomic mass is 9.99.